The molecule has 0 bridgehead atoms. The summed E-state index contributed by atoms with van der Waals surface area (Å²) in [5.74, 6) is 0.204. The van der Waals surface area contributed by atoms with Crippen molar-refractivity contribution < 1.29 is 9.90 Å². The fraction of sp³-hybridized carbons (Fsp3) is 0.357. The zero-order chi connectivity index (χ0) is 14.1. The molecule has 2 aromatic rings. The number of hydrogen-bond donors (Lipinski definition) is 2. The number of aromatic amines is 1. The molecule has 0 saturated heterocycles. The largest absolute Gasteiger partial charge is 0.508 e. The normalized spacial score (nSPS) is 17.6. The van der Waals surface area contributed by atoms with Gasteiger partial charge in [-0.3, -0.25) is 4.79 Å². The van der Waals surface area contributed by atoms with E-state index in [1.807, 2.05) is 0 Å². The van der Waals surface area contributed by atoms with Gasteiger partial charge >= 0.3 is 0 Å². The van der Waals surface area contributed by atoms with Gasteiger partial charge in [-0.2, -0.15) is 15.4 Å². The van der Waals surface area contributed by atoms with Crippen LogP contribution in [0.25, 0.3) is 0 Å². The van der Waals surface area contributed by atoms with Crippen LogP contribution >= 0.6 is 0 Å². The van der Waals surface area contributed by atoms with Gasteiger partial charge in [-0.05, 0) is 37.1 Å². The number of aromatic nitrogens is 3. The molecule has 1 aliphatic rings. The quantitative estimate of drug-likeness (QED) is 0.862. The third-order valence-corrected chi connectivity index (χ3v) is 3.79. The second-order valence-electron chi connectivity index (χ2n) is 5.07. The molecule has 0 fully saturated rings. The van der Waals surface area contributed by atoms with E-state index in [0.29, 0.717) is 6.42 Å². The molecule has 1 aromatic heterocycles. The highest BCUT2D eigenvalue weighted by Crippen LogP contribution is 2.26. The average molecular weight is 272 g/mol. The van der Waals surface area contributed by atoms with Gasteiger partial charge in [-0.25, -0.2) is 0 Å². The Bertz CT molecular complexity index is 620. The van der Waals surface area contributed by atoms with E-state index in [-0.39, 0.29) is 17.6 Å². The zero-order valence-electron chi connectivity index (χ0n) is 11.2. The van der Waals surface area contributed by atoms with Crippen molar-refractivity contribution in [2.45, 2.75) is 19.3 Å². The molecule has 1 unspecified atom stereocenters. The second-order valence-corrected chi connectivity index (χ2v) is 5.07. The summed E-state index contributed by atoms with van der Waals surface area (Å²) in [7, 11) is 1.76. The van der Waals surface area contributed by atoms with E-state index in [4.69, 9.17) is 0 Å². The van der Waals surface area contributed by atoms with Crippen LogP contribution in [0.15, 0.2) is 24.3 Å². The van der Waals surface area contributed by atoms with E-state index in [9.17, 15) is 9.90 Å². The SMILES string of the molecule is CN(C(=O)C1CCc2n[nH]nc2C1)c1ccc(O)cc1. The van der Waals surface area contributed by atoms with Crippen LogP contribution in [0.3, 0.4) is 0 Å². The first-order chi connectivity index (χ1) is 9.65. The highest BCUT2D eigenvalue weighted by molar-refractivity contribution is 5.94. The number of fused-ring (bicyclic) bond motifs is 1. The summed E-state index contributed by atoms with van der Waals surface area (Å²) in [6.45, 7) is 0. The Kier molecular flexibility index (Phi) is 3.14. The first-order valence-corrected chi connectivity index (χ1v) is 6.60. The van der Waals surface area contributed by atoms with Crippen molar-refractivity contribution >= 4 is 11.6 Å². The van der Waals surface area contributed by atoms with Gasteiger partial charge in [0.25, 0.3) is 0 Å². The minimum atomic E-state index is -0.0635. The monoisotopic (exact) mass is 272 g/mol. The summed E-state index contributed by atoms with van der Waals surface area (Å²) in [5, 5.41) is 20.1. The lowest BCUT2D eigenvalue weighted by Gasteiger charge is -2.25. The Labute approximate surface area is 116 Å². The summed E-state index contributed by atoms with van der Waals surface area (Å²) in [6.07, 6.45) is 2.21. The Morgan fingerprint density at radius 1 is 1.30 bits per heavy atom. The molecule has 20 heavy (non-hydrogen) atoms. The molecule has 0 aliphatic heterocycles. The number of benzene rings is 1. The van der Waals surface area contributed by atoms with E-state index in [2.05, 4.69) is 15.4 Å². The second kappa shape index (κ2) is 4.96. The molecule has 1 amide bonds. The van der Waals surface area contributed by atoms with Crippen molar-refractivity contribution in [3.8, 4) is 5.75 Å². The Hall–Kier alpha value is -2.37. The number of hydrogen-bond acceptors (Lipinski definition) is 4. The van der Waals surface area contributed by atoms with Gasteiger partial charge in [0, 0.05) is 25.1 Å². The number of carbonyl (C=O) groups is 1. The predicted molar refractivity (Wildman–Crippen MR) is 73.4 cm³/mol. The minimum absolute atomic E-state index is 0.0635. The molecule has 0 radical (unpaired) electrons. The maximum absolute atomic E-state index is 12.5. The lowest BCUT2D eigenvalue weighted by molar-refractivity contribution is -0.122. The van der Waals surface area contributed by atoms with Gasteiger partial charge in [0.1, 0.15) is 5.75 Å². The van der Waals surface area contributed by atoms with Crippen LogP contribution in [0.4, 0.5) is 5.69 Å². The third kappa shape index (κ3) is 2.24. The Morgan fingerprint density at radius 3 is 2.75 bits per heavy atom. The Balaban J connectivity index is 1.74. The van der Waals surface area contributed by atoms with Crippen LogP contribution in [0.5, 0.6) is 5.75 Å². The fourth-order valence-electron chi connectivity index (χ4n) is 2.57. The smallest absolute Gasteiger partial charge is 0.230 e. The molecule has 1 aromatic carbocycles. The van der Waals surface area contributed by atoms with Crippen molar-refractivity contribution in [2.24, 2.45) is 5.92 Å². The number of carbonyl (C=O) groups excluding carboxylic acids is 1. The first kappa shape index (κ1) is 12.7. The molecule has 1 aliphatic carbocycles. The number of rotatable bonds is 2. The van der Waals surface area contributed by atoms with Gasteiger partial charge < -0.3 is 10.0 Å². The van der Waals surface area contributed by atoms with Crippen molar-refractivity contribution in [3.63, 3.8) is 0 Å². The molecular weight excluding hydrogens is 256 g/mol. The lowest BCUT2D eigenvalue weighted by atomic mass is 9.88. The van der Waals surface area contributed by atoms with E-state index in [0.717, 1.165) is 29.9 Å². The summed E-state index contributed by atoms with van der Waals surface area (Å²) in [5.41, 5.74) is 2.65. The standard InChI is InChI=1S/C14H16N4O2/c1-18(10-3-5-11(19)6-4-10)14(20)9-2-7-12-13(8-9)16-17-15-12/h3-6,9,19H,2,7-8H2,1H3,(H,15,16,17). The number of amides is 1. The lowest BCUT2D eigenvalue weighted by Crippen LogP contribution is -2.35. The summed E-state index contributed by atoms with van der Waals surface area (Å²) in [6, 6.07) is 6.63. The number of H-pyrrole nitrogens is 1. The van der Waals surface area contributed by atoms with Gasteiger partial charge in [0.05, 0.1) is 11.4 Å². The maximum atomic E-state index is 12.5. The van der Waals surface area contributed by atoms with Gasteiger partial charge in [0.2, 0.25) is 5.91 Å². The van der Waals surface area contributed by atoms with Gasteiger partial charge in [-0.15, -0.1) is 0 Å². The summed E-state index contributed by atoms with van der Waals surface area (Å²) in [4.78, 5) is 14.2. The fourth-order valence-corrected chi connectivity index (χ4v) is 2.57. The summed E-state index contributed by atoms with van der Waals surface area (Å²) < 4.78 is 0. The van der Waals surface area contributed by atoms with Crippen molar-refractivity contribution in [1.82, 2.24) is 15.4 Å². The number of aryl methyl sites for hydroxylation is 1. The van der Waals surface area contributed by atoms with Crippen LogP contribution < -0.4 is 4.90 Å². The Morgan fingerprint density at radius 2 is 2.00 bits per heavy atom. The van der Waals surface area contributed by atoms with Crippen LogP contribution in [0, 0.1) is 5.92 Å². The number of aromatic hydroxyl groups is 1. The van der Waals surface area contributed by atoms with E-state index >= 15 is 0 Å². The molecule has 0 spiro atoms. The van der Waals surface area contributed by atoms with Crippen molar-refractivity contribution in [1.29, 1.82) is 0 Å². The highest BCUT2D eigenvalue weighted by Gasteiger charge is 2.29. The van der Waals surface area contributed by atoms with Crippen molar-refractivity contribution in [3.05, 3.63) is 35.7 Å². The molecule has 3 rings (SSSR count). The molecule has 2 N–H and O–H groups in total. The van der Waals surface area contributed by atoms with Crippen LogP contribution in [0.2, 0.25) is 0 Å². The number of phenols is 1. The van der Waals surface area contributed by atoms with E-state index in [1.165, 1.54) is 0 Å². The van der Waals surface area contributed by atoms with E-state index in [1.54, 1.807) is 36.2 Å². The molecule has 6 nitrogen and oxygen atoms in total. The number of phenolic OH excluding ortho intramolecular Hbond substituents is 1. The third-order valence-electron chi connectivity index (χ3n) is 3.79. The number of nitrogens with one attached hydrogen (secondary N) is 1. The minimum Gasteiger partial charge on any atom is -0.508 e. The summed E-state index contributed by atoms with van der Waals surface area (Å²) >= 11 is 0. The molecule has 104 valence electrons. The molecule has 0 saturated carbocycles. The number of nitrogens with zero attached hydrogens (tertiary/aromatic N) is 3. The van der Waals surface area contributed by atoms with Gasteiger partial charge in [0.15, 0.2) is 0 Å². The van der Waals surface area contributed by atoms with Crippen molar-refractivity contribution in [2.75, 3.05) is 11.9 Å². The maximum Gasteiger partial charge on any atom is 0.230 e. The van der Waals surface area contributed by atoms with Crippen LogP contribution in [0.1, 0.15) is 17.8 Å². The molecule has 1 heterocycles. The molecule has 1 atom stereocenters. The first-order valence-electron chi connectivity index (χ1n) is 6.60. The number of anilines is 1. The molecular formula is C14H16N4O2. The average Bonchev–Trinajstić information content (AvgIpc) is 2.94. The van der Waals surface area contributed by atoms with Gasteiger partial charge in [-0.1, -0.05) is 0 Å². The topological polar surface area (TPSA) is 82.1 Å². The van der Waals surface area contributed by atoms with Crippen LogP contribution in [-0.2, 0) is 17.6 Å². The van der Waals surface area contributed by atoms with Crippen LogP contribution in [-0.4, -0.2) is 33.5 Å². The van der Waals surface area contributed by atoms with E-state index < -0.39 is 0 Å². The highest BCUT2D eigenvalue weighted by atomic mass is 16.3. The predicted octanol–water partition coefficient (Wildman–Crippen LogP) is 1.28. The molecule has 6 heteroatoms. The zero-order valence-corrected chi connectivity index (χ0v) is 11.2.